The number of rotatable bonds is 0. The minimum atomic E-state index is -0.266. The quantitative estimate of drug-likeness (QED) is 0.615. The highest BCUT2D eigenvalue weighted by Crippen LogP contribution is 2.09. The van der Waals surface area contributed by atoms with Crippen molar-refractivity contribution in [3.8, 4) is 0 Å². The van der Waals surface area contributed by atoms with Crippen LogP contribution in [0.3, 0.4) is 0 Å². The molecule has 0 amide bonds. The fraction of sp³-hybridized carbons (Fsp3) is 0.444. The molecule has 0 aliphatic heterocycles. The maximum atomic E-state index is 11.9. The van der Waals surface area contributed by atoms with E-state index in [9.17, 15) is 4.79 Å². The normalized spacial score (nSPS) is 12.2. The van der Waals surface area contributed by atoms with E-state index < -0.39 is 0 Å². The molecule has 0 fully saturated rings. The Hall–Kier alpha value is -1.65. The number of hydrogen-bond acceptors (Lipinski definition) is 3. The van der Waals surface area contributed by atoms with Gasteiger partial charge in [-0.05, 0) is 20.8 Å². The minimum absolute atomic E-state index is 0.113. The van der Waals surface area contributed by atoms with E-state index in [1.165, 1.54) is 10.8 Å². The van der Waals surface area contributed by atoms with Crippen molar-refractivity contribution in [2.75, 3.05) is 0 Å². The average molecular weight is 192 g/mol. The van der Waals surface area contributed by atoms with Crippen molar-refractivity contribution in [1.29, 1.82) is 0 Å². The van der Waals surface area contributed by atoms with Crippen molar-refractivity contribution in [3.05, 3.63) is 29.1 Å². The summed E-state index contributed by atoms with van der Waals surface area (Å²) in [5, 5.41) is 4.09. The zero-order chi connectivity index (χ0) is 10.3. The van der Waals surface area contributed by atoms with Crippen LogP contribution in [-0.4, -0.2) is 19.2 Å². The predicted octanol–water partition coefficient (Wildman–Crippen LogP) is 0.646. The van der Waals surface area contributed by atoms with Crippen molar-refractivity contribution in [2.24, 2.45) is 0 Å². The molecule has 14 heavy (non-hydrogen) atoms. The van der Waals surface area contributed by atoms with Crippen LogP contribution >= 0.6 is 0 Å². The van der Waals surface area contributed by atoms with Gasteiger partial charge in [0, 0.05) is 17.9 Å². The van der Waals surface area contributed by atoms with Gasteiger partial charge in [-0.25, -0.2) is 9.50 Å². The van der Waals surface area contributed by atoms with Gasteiger partial charge < -0.3 is 0 Å². The molecular weight excluding hydrogens is 180 g/mol. The molecule has 0 aliphatic rings. The van der Waals surface area contributed by atoms with Gasteiger partial charge >= 0.3 is 0 Å². The molecule has 2 aromatic rings. The zero-order valence-electron chi connectivity index (χ0n) is 8.43. The molecule has 0 saturated heterocycles. The van der Waals surface area contributed by atoms with Crippen molar-refractivity contribution >= 4 is 5.65 Å². The second-order valence-electron chi connectivity index (χ2n) is 4.17. The second-order valence-corrected chi connectivity index (χ2v) is 4.17. The SMILES string of the molecule is CC(C)(C)n1cnn2ccnc2c1=O. The summed E-state index contributed by atoms with van der Waals surface area (Å²) in [4.78, 5) is 15.8. The van der Waals surface area contributed by atoms with E-state index in [4.69, 9.17) is 0 Å². The average Bonchev–Trinajstić information content (AvgIpc) is 2.50. The number of imidazole rings is 1. The van der Waals surface area contributed by atoms with Crippen LogP contribution in [0.5, 0.6) is 0 Å². The fourth-order valence-electron chi connectivity index (χ4n) is 1.29. The Labute approximate surface area is 81.0 Å². The molecule has 0 saturated carbocycles. The molecule has 2 rings (SSSR count). The lowest BCUT2D eigenvalue weighted by Gasteiger charge is -2.20. The summed E-state index contributed by atoms with van der Waals surface area (Å²) in [6.07, 6.45) is 4.76. The summed E-state index contributed by atoms with van der Waals surface area (Å²) in [6, 6.07) is 0. The van der Waals surface area contributed by atoms with Crippen LogP contribution in [0.4, 0.5) is 0 Å². The van der Waals surface area contributed by atoms with Gasteiger partial charge in [0.05, 0.1) is 0 Å². The Balaban J connectivity index is 2.81. The zero-order valence-corrected chi connectivity index (χ0v) is 8.43. The Kier molecular flexibility index (Phi) is 1.70. The fourth-order valence-corrected chi connectivity index (χ4v) is 1.29. The first kappa shape index (κ1) is 8.93. The molecule has 74 valence electrons. The van der Waals surface area contributed by atoms with Crippen molar-refractivity contribution in [3.63, 3.8) is 0 Å². The Morgan fingerprint density at radius 1 is 1.36 bits per heavy atom. The molecule has 5 heteroatoms. The molecule has 0 bridgehead atoms. The lowest BCUT2D eigenvalue weighted by Crippen LogP contribution is -2.35. The van der Waals surface area contributed by atoms with E-state index in [1.54, 1.807) is 17.0 Å². The third kappa shape index (κ3) is 1.21. The third-order valence-electron chi connectivity index (χ3n) is 2.05. The van der Waals surface area contributed by atoms with Gasteiger partial charge in [0.25, 0.3) is 5.56 Å². The van der Waals surface area contributed by atoms with Gasteiger partial charge in [-0.15, -0.1) is 0 Å². The first-order valence-corrected chi connectivity index (χ1v) is 4.41. The highest BCUT2D eigenvalue weighted by Gasteiger charge is 2.16. The largest absolute Gasteiger partial charge is 0.297 e. The summed E-state index contributed by atoms with van der Waals surface area (Å²) in [6.45, 7) is 5.86. The smallest absolute Gasteiger partial charge is 0.289 e. The summed E-state index contributed by atoms with van der Waals surface area (Å²) in [5.74, 6) is 0. The molecule has 0 aromatic carbocycles. The molecule has 0 unspecified atom stereocenters. The topological polar surface area (TPSA) is 52.2 Å². The highest BCUT2D eigenvalue weighted by atomic mass is 16.1. The molecular formula is C9H12N4O. The Bertz CT molecular complexity index is 517. The van der Waals surface area contributed by atoms with Gasteiger partial charge in [-0.3, -0.25) is 9.36 Å². The summed E-state index contributed by atoms with van der Waals surface area (Å²) in [5.41, 5.74) is -0.0162. The first-order valence-electron chi connectivity index (χ1n) is 4.41. The minimum Gasteiger partial charge on any atom is -0.289 e. The monoisotopic (exact) mass is 192 g/mol. The number of hydrogen-bond donors (Lipinski definition) is 0. The van der Waals surface area contributed by atoms with E-state index in [0.29, 0.717) is 5.65 Å². The van der Waals surface area contributed by atoms with Crippen LogP contribution in [-0.2, 0) is 5.54 Å². The van der Waals surface area contributed by atoms with Crippen molar-refractivity contribution in [1.82, 2.24) is 19.2 Å². The Morgan fingerprint density at radius 3 is 2.71 bits per heavy atom. The van der Waals surface area contributed by atoms with Gasteiger partial charge in [0.2, 0.25) is 5.65 Å². The van der Waals surface area contributed by atoms with Crippen LogP contribution in [0, 0.1) is 0 Å². The number of nitrogens with zero attached hydrogens (tertiary/aromatic N) is 4. The third-order valence-corrected chi connectivity index (χ3v) is 2.05. The molecule has 0 aliphatic carbocycles. The molecule has 0 atom stereocenters. The second kappa shape index (κ2) is 2.67. The molecule has 0 spiro atoms. The van der Waals surface area contributed by atoms with Crippen LogP contribution in [0.2, 0.25) is 0 Å². The van der Waals surface area contributed by atoms with Gasteiger partial charge in [0.1, 0.15) is 6.33 Å². The van der Waals surface area contributed by atoms with E-state index in [2.05, 4.69) is 10.1 Å². The van der Waals surface area contributed by atoms with Gasteiger partial charge in [-0.1, -0.05) is 0 Å². The summed E-state index contributed by atoms with van der Waals surface area (Å²) < 4.78 is 3.06. The van der Waals surface area contributed by atoms with E-state index in [0.717, 1.165) is 0 Å². The lowest BCUT2D eigenvalue weighted by molar-refractivity contribution is 0.376. The van der Waals surface area contributed by atoms with E-state index in [-0.39, 0.29) is 11.1 Å². The summed E-state index contributed by atoms with van der Waals surface area (Å²) in [7, 11) is 0. The first-order chi connectivity index (χ1) is 6.50. The van der Waals surface area contributed by atoms with Crippen LogP contribution < -0.4 is 5.56 Å². The molecule has 0 N–H and O–H groups in total. The van der Waals surface area contributed by atoms with Crippen molar-refractivity contribution < 1.29 is 0 Å². The van der Waals surface area contributed by atoms with Crippen LogP contribution in [0.25, 0.3) is 5.65 Å². The van der Waals surface area contributed by atoms with Crippen LogP contribution in [0.15, 0.2) is 23.5 Å². The predicted molar refractivity (Wildman–Crippen MR) is 52.2 cm³/mol. The van der Waals surface area contributed by atoms with Crippen LogP contribution in [0.1, 0.15) is 20.8 Å². The number of fused-ring (bicyclic) bond motifs is 1. The maximum Gasteiger partial charge on any atom is 0.297 e. The summed E-state index contributed by atoms with van der Waals surface area (Å²) >= 11 is 0. The van der Waals surface area contributed by atoms with E-state index in [1.807, 2.05) is 20.8 Å². The van der Waals surface area contributed by atoms with Gasteiger partial charge in [0.15, 0.2) is 0 Å². The standard InChI is InChI=1S/C9H12N4O/c1-9(2,3)12-6-11-13-5-4-10-7(13)8(12)14/h4-6H,1-3H3. The highest BCUT2D eigenvalue weighted by molar-refractivity contribution is 5.32. The molecule has 2 heterocycles. The van der Waals surface area contributed by atoms with E-state index >= 15 is 0 Å². The molecule has 5 nitrogen and oxygen atoms in total. The molecule has 0 radical (unpaired) electrons. The molecule has 2 aromatic heterocycles. The van der Waals surface area contributed by atoms with Crippen molar-refractivity contribution in [2.45, 2.75) is 26.3 Å². The number of aromatic nitrogens is 4. The Morgan fingerprint density at radius 2 is 2.07 bits per heavy atom. The van der Waals surface area contributed by atoms with Gasteiger partial charge in [-0.2, -0.15) is 5.10 Å². The maximum absolute atomic E-state index is 11.9. The lowest BCUT2D eigenvalue weighted by atomic mass is 10.1.